The first-order chi connectivity index (χ1) is 14.7. The van der Waals surface area contributed by atoms with E-state index in [9.17, 15) is 4.79 Å². The first-order valence-electron chi connectivity index (χ1n) is 10.3. The number of quaternary nitrogens is 1. The molecule has 1 atom stereocenters. The summed E-state index contributed by atoms with van der Waals surface area (Å²) >= 11 is 0. The highest BCUT2D eigenvalue weighted by Crippen LogP contribution is 2.32. The molecular weight excluding hydrogens is 376 g/mol. The molecule has 1 aliphatic rings. The quantitative estimate of drug-likeness (QED) is 0.663. The van der Waals surface area contributed by atoms with Gasteiger partial charge in [0.1, 0.15) is 6.04 Å². The van der Waals surface area contributed by atoms with Gasteiger partial charge in [-0.25, -0.2) is 0 Å². The number of ether oxygens (including phenoxy) is 2. The minimum Gasteiger partial charge on any atom is -0.490 e. The van der Waals surface area contributed by atoms with Crippen LogP contribution in [0.15, 0.2) is 72.8 Å². The predicted molar refractivity (Wildman–Crippen MR) is 117 cm³/mol. The molecule has 4 rings (SSSR count). The van der Waals surface area contributed by atoms with Crippen LogP contribution in [0.25, 0.3) is 0 Å². The number of benzene rings is 3. The lowest BCUT2D eigenvalue weighted by Crippen LogP contribution is -2.87. The van der Waals surface area contributed by atoms with Gasteiger partial charge in [0.15, 0.2) is 18.0 Å². The summed E-state index contributed by atoms with van der Waals surface area (Å²) in [5.41, 5.74) is 4.28. The normalized spacial score (nSPS) is 13.9. The molecule has 3 aromatic rings. The zero-order chi connectivity index (χ0) is 20.8. The molecule has 0 bridgehead atoms. The van der Waals surface area contributed by atoms with Gasteiger partial charge in [-0.1, -0.05) is 60.2 Å². The van der Waals surface area contributed by atoms with Crippen molar-refractivity contribution in [3.63, 3.8) is 0 Å². The molecule has 0 radical (unpaired) electrons. The van der Waals surface area contributed by atoms with E-state index in [0.29, 0.717) is 31.2 Å². The third-order valence-electron chi connectivity index (χ3n) is 5.17. The zero-order valence-corrected chi connectivity index (χ0v) is 17.1. The van der Waals surface area contributed by atoms with Crippen molar-refractivity contribution < 1.29 is 19.6 Å². The topological polar surface area (TPSA) is 64.2 Å². The van der Waals surface area contributed by atoms with E-state index in [4.69, 9.17) is 9.47 Å². The SMILES string of the molecule is Cc1ccc([C@@H]([NH2+]CC(=O)Nc2ccc3c(c2)OCCCO3)c2ccccc2)cc1. The predicted octanol–water partition coefficient (Wildman–Crippen LogP) is 3.45. The molecule has 1 amide bonds. The van der Waals surface area contributed by atoms with Gasteiger partial charge in [-0.05, 0) is 19.1 Å². The Bertz CT molecular complexity index is 987. The Morgan fingerprint density at radius 2 is 1.63 bits per heavy atom. The summed E-state index contributed by atoms with van der Waals surface area (Å²) in [5.74, 6) is 1.34. The maximum Gasteiger partial charge on any atom is 0.279 e. The van der Waals surface area contributed by atoms with Gasteiger partial charge in [0, 0.05) is 29.3 Å². The first-order valence-corrected chi connectivity index (χ1v) is 10.3. The summed E-state index contributed by atoms with van der Waals surface area (Å²) in [6, 6.07) is 24.3. The third kappa shape index (κ3) is 4.99. The standard InChI is InChI=1S/C25H26N2O3/c1-18-8-10-20(11-9-18)25(19-6-3-2-4-7-19)26-17-24(28)27-21-12-13-22-23(16-21)30-15-5-14-29-22/h2-4,6-13,16,25-26H,5,14-15,17H2,1H3,(H,27,28)/p+1/t25-/m0/s1. The number of hydrogen-bond donors (Lipinski definition) is 2. The molecule has 1 heterocycles. The van der Waals surface area contributed by atoms with Gasteiger partial charge in [-0.3, -0.25) is 4.79 Å². The zero-order valence-electron chi connectivity index (χ0n) is 17.1. The van der Waals surface area contributed by atoms with Gasteiger partial charge in [0.2, 0.25) is 0 Å². The summed E-state index contributed by atoms with van der Waals surface area (Å²) in [6.07, 6.45) is 0.852. The maximum atomic E-state index is 12.7. The van der Waals surface area contributed by atoms with Crippen LogP contribution in [0.2, 0.25) is 0 Å². The average molecular weight is 404 g/mol. The summed E-state index contributed by atoms with van der Waals surface area (Å²) in [6.45, 7) is 3.65. The smallest absolute Gasteiger partial charge is 0.279 e. The molecule has 0 spiro atoms. The Labute approximate surface area is 177 Å². The molecule has 0 unspecified atom stereocenters. The highest BCUT2D eigenvalue weighted by Gasteiger charge is 2.19. The Morgan fingerprint density at radius 1 is 0.933 bits per heavy atom. The van der Waals surface area contributed by atoms with Crippen LogP contribution in [0, 0.1) is 6.92 Å². The van der Waals surface area contributed by atoms with E-state index in [1.807, 2.05) is 36.4 Å². The van der Waals surface area contributed by atoms with Crippen molar-refractivity contribution >= 4 is 11.6 Å². The average Bonchev–Trinajstić information content (AvgIpc) is 3.01. The lowest BCUT2D eigenvalue weighted by atomic mass is 9.98. The van der Waals surface area contributed by atoms with Crippen molar-refractivity contribution in [2.45, 2.75) is 19.4 Å². The second-order valence-electron chi connectivity index (χ2n) is 7.50. The number of rotatable bonds is 6. The lowest BCUT2D eigenvalue weighted by Gasteiger charge is -2.17. The van der Waals surface area contributed by atoms with E-state index in [-0.39, 0.29) is 11.9 Å². The van der Waals surface area contributed by atoms with E-state index in [1.165, 1.54) is 16.7 Å². The lowest BCUT2D eigenvalue weighted by molar-refractivity contribution is -0.676. The molecule has 0 aliphatic carbocycles. The largest absolute Gasteiger partial charge is 0.490 e. The van der Waals surface area contributed by atoms with Gasteiger partial charge in [0.25, 0.3) is 5.91 Å². The maximum absolute atomic E-state index is 12.7. The van der Waals surface area contributed by atoms with Gasteiger partial charge < -0.3 is 20.1 Å². The molecule has 0 saturated heterocycles. The Balaban J connectivity index is 1.44. The van der Waals surface area contributed by atoms with Crippen molar-refractivity contribution in [1.82, 2.24) is 0 Å². The molecule has 30 heavy (non-hydrogen) atoms. The minimum absolute atomic E-state index is 0.0568. The number of amides is 1. The molecule has 3 N–H and O–H groups in total. The summed E-state index contributed by atoms with van der Waals surface area (Å²) in [5, 5.41) is 5.04. The number of fused-ring (bicyclic) bond motifs is 1. The molecule has 154 valence electrons. The minimum atomic E-state index is -0.0578. The fourth-order valence-electron chi connectivity index (χ4n) is 3.58. The molecular formula is C25H27N2O3+. The van der Waals surface area contributed by atoms with E-state index in [1.54, 1.807) is 0 Å². The fraction of sp³-hybridized carbons (Fsp3) is 0.240. The van der Waals surface area contributed by atoms with Crippen molar-refractivity contribution in [2.75, 3.05) is 25.1 Å². The first kappa shape index (κ1) is 20.0. The highest BCUT2D eigenvalue weighted by molar-refractivity contribution is 5.91. The summed E-state index contributed by atoms with van der Waals surface area (Å²) in [7, 11) is 0. The molecule has 0 fully saturated rings. The second kappa shape index (κ2) is 9.46. The third-order valence-corrected chi connectivity index (χ3v) is 5.17. The van der Waals surface area contributed by atoms with Crippen LogP contribution in [0.3, 0.4) is 0 Å². The molecule has 1 aliphatic heterocycles. The molecule has 3 aromatic carbocycles. The second-order valence-corrected chi connectivity index (χ2v) is 7.50. The highest BCUT2D eigenvalue weighted by atomic mass is 16.5. The summed E-state index contributed by atoms with van der Waals surface area (Å²) < 4.78 is 11.4. The van der Waals surface area contributed by atoms with Crippen molar-refractivity contribution in [3.8, 4) is 11.5 Å². The van der Waals surface area contributed by atoms with E-state index < -0.39 is 0 Å². The van der Waals surface area contributed by atoms with Gasteiger partial charge in [0.05, 0.1) is 13.2 Å². The van der Waals surface area contributed by atoms with Gasteiger partial charge >= 0.3 is 0 Å². The van der Waals surface area contributed by atoms with E-state index in [2.05, 4.69) is 54.0 Å². The Hall–Kier alpha value is -3.31. The van der Waals surface area contributed by atoms with Crippen molar-refractivity contribution in [3.05, 3.63) is 89.5 Å². The van der Waals surface area contributed by atoms with Crippen molar-refractivity contribution in [1.29, 1.82) is 0 Å². The van der Waals surface area contributed by atoms with Crippen LogP contribution in [-0.2, 0) is 4.79 Å². The van der Waals surface area contributed by atoms with E-state index >= 15 is 0 Å². The van der Waals surface area contributed by atoms with Crippen LogP contribution in [0.1, 0.15) is 29.2 Å². The molecule has 5 nitrogen and oxygen atoms in total. The van der Waals surface area contributed by atoms with E-state index in [0.717, 1.165) is 12.2 Å². The van der Waals surface area contributed by atoms with Crippen molar-refractivity contribution in [2.24, 2.45) is 0 Å². The Morgan fingerprint density at radius 3 is 2.40 bits per heavy atom. The number of nitrogens with one attached hydrogen (secondary N) is 1. The number of aryl methyl sites for hydroxylation is 1. The number of nitrogens with two attached hydrogens (primary N) is 1. The molecule has 5 heteroatoms. The summed E-state index contributed by atoms with van der Waals surface area (Å²) in [4.78, 5) is 12.7. The van der Waals surface area contributed by atoms with Gasteiger partial charge in [-0.15, -0.1) is 0 Å². The number of carbonyl (C=O) groups is 1. The van der Waals surface area contributed by atoms with Gasteiger partial charge in [-0.2, -0.15) is 0 Å². The molecule has 0 aromatic heterocycles. The number of carbonyl (C=O) groups excluding carboxylic acids is 1. The van der Waals surface area contributed by atoms with Crippen LogP contribution in [0.4, 0.5) is 5.69 Å². The van der Waals surface area contributed by atoms with Crippen LogP contribution in [0.5, 0.6) is 11.5 Å². The fourth-order valence-corrected chi connectivity index (χ4v) is 3.58. The number of hydrogen-bond acceptors (Lipinski definition) is 3. The molecule has 0 saturated carbocycles. The van der Waals surface area contributed by atoms with Crippen LogP contribution >= 0.6 is 0 Å². The monoisotopic (exact) mass is 403 g/mol. The Kier molecular flexibility index (Phi) is 6.30. The van der Waals surface area contributed by atoms with Crippen LogP contribution in [-0.4, -0.2) is 25.7 Å². The van der Waals surface area contributed by atoms with Crippen LogP contribution < -0.4 is 20.1 Å². The number of anilines is 1.